The van der Waals surface area contributed by atoms with Crippen LogP contribution in [0.2, 0.25) is 0 Å². The average Bonchev–Trinajstić information content (AvgIpc) is 2.05. The predicted octanol–water partition coefficient (Wildman–Crippen LogP) is 1.46. The van der Waals surface area contributed by atoms with E-state index in [4.69, 9.17) is 5.73 Å². The first-order chi connectivity index (χ1) is 5.22. The SMILES string of the molecule is CC(N)C(=O)c1cccnc1.Cl.Cl. The number of carbonyl (C=O) groups excluding carboxylic acids is 1. The van der Waals surface area contributed by atoms with Crippen LogP contribution in [0.4, 0.5) is 0 Å². The third-order valence-corrected chi connectivity index (χ3v) is 1.36. The molecule has 1 heterocycles. The van der Waals surface area contributed by atoms with Crippen LogP contribution in [-0.2, 0) is 0 Å². The van der Waals surface area contributed by atoms with E-state index in [9.17, 15) is 4.79 Å². The Morgan fingerprint density at radius 3 is 2.54 bits per heavy atom. The highest BCUT2D eigenvalue weighted by molar-refractivity contribution is 5.99. The van der Waals surface area contributed by atoms with Gasteiger partial charge >= 0.3 is 0 Å². The van der Waals surface area contributed by atoms with Gasteiger partial charge in [0.25, 0.3) is 0 Å². The standard InChI is InChI=1S/C8H10N2O.2ClH/c1-6(9)8(11)7-3-2-4-10-5-7;;/h2-6H,9H2,1H3;2*1H. The Morgan fingerprint density at radius 1 is 1.54 bits per heavy atom. The van der Waals surface area contributed by atoms with E-state index in [2.05, 4.69) is 4.98 Å². The van der Waals surface area contributed by atoms with Crippen molar-refractivity contribution in [2.24, 2.45) is 5.73 Å². The summed E-state index contributed by atoms with van der Waals surface area (Å²) in [7, 11) is 0. The van der Waals surface area contributed by atoms with Crippen LogP contribution in [0.1, 0.15) is 17.3 Å². The highest BCUT2D eigenvalue weighted by atomic mass is 35.5. The molecule has 0 bridgehead atoms. The highest BCUT2D eigenvalue weighted by Crippen LogP contribution is 1.98. The second-order valence-corrected chi connectivity index (χ2v) is 2.39. The average molecular weight is 223 g/mol. The summed E-state index contributed by atoms with van der Waals surface area (Å²) in [4.78, 5) is 15.0. The molecular formula is C8H12Cl2N2O. The maximum absolute atomic E-state index is 11.2. The Bertz CT molecular complexity index is 252. The lowest BCUT2D eigenvalue weighted by Gasteiger charge is -2.01. The Hall–Kier alpha value is -0.640. The van der Waals surface area contributed by atoms with Crippen LogP contribution in [0.15, 0.2) is 24.5 Å². The van der Waals surface area contributed by atoms with Gasteiger partial charge in [0.15, 0.2) is 5.78 Å². The van der Waals surface area contributed by atoms with Crippen LogP contribution in [0.25, 0.3) is 0 Å². The Balaban J connectivity index is 0. The summed E-state index contributed by atoms with van der Waals surface area (Å²) in [6.45, 7) is 1.66. The normalized spacial score (nSPS) is 10.6. The number of carbonyl (C=O) groups is 1. The van der Waals surface area contributed by atoms with Crippen molar-refractivity contribution >= 4 is 30.6 Å². The molecule has 0 fully saturated rings. The van der Waals surface area contributed by atoms with Gasteiger partial charge in [-0.3, -0.25) is 9.78 Å². The Morgan fingerprint density at radius 2 is 2.15 bits per heavy atom. The second-order valence-electron chi connectivity index (χ2n) is 2.39. The second kappa shape index (κ2) is 6.83. The molecule has 0 radical (unpaired) electrons. The van der Waals surface area contributed by atoms with Gasteiger partial charge in [-0.1, -0.05) is 0 Å². The van der Waals surface area contributed by atoms with E-state index in [0.29, 0.717) is 5.56 Å². The number of aromatic nitrogens is 1. The van der Waals surface area contributed by atoms with E-state index >= 15 is 0 Å². The minimum atomic E-state index is -0.445. The smallest absolute Gasteiger partial charge is 0.180 e. The van der Waals surface area contributed by atoms with E-state index in [-0.39, 0.29) is 30.6 Å². The molecule has 0 saturated heterocycles. The van der Waals surface area contributed by atoms with Crippen molar-refractivity contribution in [3.8, 4) is 0 Å². The molecule has 13 heavy (non-hydrogen) atoms. The monoisotopic (exact) mass is 222 g/mol. The molecule has 1 aromatic rings. The molecule has 2 N–H and O–H groups in total. The number of hydrogen-bond acceptors (Lipinski definition) is 3. The first-order valence-corrected chi connectivity index (χ1v) is 3.41. The summed E-state index contributed by atoms with van der Waals surface area (Å²) in [6.07, 6.45) is 3.14. The molecule has 0 aliphatic carbocycles. The van der Waals surface area contributed by atoms with Crippen molar-refractivity contribution in [1.82, 2.24) is 4.98 Å². The molecule has 74 valence electrons. The first-order valence-electron chi connectivity index (χ1n) is 3.41. The number of nitrogens with two attached hydrogens (primary N) is 1. The van der Waals surface area contributed by atoms with Crippen molar-refractivity contribution in [1.29, 1.82) is 0 Å². The van der Waals surface area contributed by atoms with E-state index in [1.54, 1.807) is 25.3 Å². The summed E-state index contributed by atoms with van der Waals surface area (Å²) < 4.78 is 0. The molecule has 3 nitrogen and oxygen atoms in total. The highest BCUT2D eigenvalue weighted by Gasteiger charge is 2.09. The Labute approximate surface area is 89.6 Å². The molecule has 0 aromatic carbocycles. The van der Waals surface area contributed by atoms with Crippen LogP contribution >= 0.6 is 24.8 Å². The fraction of sp³-hybridized carbons (Fsp3) is 0.250. The molecule has 0 aliphatic heterocycles. The lowest BCUT2D eigenvalue weighted by atomic mass is 10.1. The van der Waals surface area contributed by atoms with Gasteiger partial charge in [0.1, 0.15) is 0 Å². The number of halogens is 2. The predicted molar refractivity (Wildman–Crippen MR) is 56.7 cm³/mol. The molecule has 0 spiro atoms. The largest absolute Gasteiger partial charge is 0.321 e. The minimum Gasteiger partial charge on any atom is -0.321 e. The van der Waals surface area contributed by atoms with Gasteiger partial charge in [0.05, 0.1) is 6.04 Å². The lowest BCUT2D eigenvalue weighted by molar-refractivity contribution is 0.0967. The third kappa shape index (κ3) is 4.22. The van der Waals surface area contributed by atoms with Crippen molar-refractivity contribution < 1.29 is 4.79 Å². The summed E-state index contributed by atoms with van der Waals surface area (Å²) in [5.41, 5.74) is 5.96. The number of nitrogens with zero attached hydrogens (tertiary/aromatic N) is 1. The number of pyridine rings is 1. The van der Waals surface area contributed by atoms with Gasteiger partial charge in [0, 0.05) is 18.0 Å². The minimum absolute atomic E-state index is 0. The van der Waals surface area contributed by atoms with Gasteiger partial charge in [-0.15, -0.1) is 24.8 Å². The third-order valence-electron chi connectivity index (χ3n) is 1.36. The summed E-state index contributed by atoms with van der Waals surface area (Å²) in [6, 6.07) is 2.98. The topological polar surface area (TPSA) is 56.0 Å². The summed E-state index contributed by atoms with van der Waals surface area (Å²) >= 11 is 0. The van der Waals surface area contributed by atoms with Gasteiger partial charge in [-0.2, -0.15) is 0 Å². The van der Waals surface area contributed by atoms with Crippen molar-refractivity contribution in [2.75, 3.05) is 0 Å². The van der Waals surface area contributed by atoms with Crippen molar-refractivity contribution in [2.45, 2.75) is 13.0 Å². The van der Waals surface area contributed by atoms with Crippen molar-refractivity contribution in [3.05, 3.63) is 30.1 Å². The number of rotatable bonds is 2. The maximum Gasteiger partial charge on any atom is 0.180 e. The van der Waals surface area contributed by atoms with Gasteiger partial charge in [0.2, 0.25) is 0 Å². The Kier molecular flexibility index (Phi) is 7.81. The molecule has 0 saturated carbocycles. The summed E-state index contributed by atoms with van der Waals surface area (Å²) in [5, 5.41) is 0. The number of Topliss-reactive ketones (excluding diaryl/α,β-unsaturated/α-hetero) is 1. The van der Waals surface area contributed by atoms with Gasteiger partial charge in [-0.25, -0.2) is 0 Å². The zero-order valence-electron chi connectivity index (χ0n) is 7.14. The van der Waals surface area contributed by atoms with E-state index < -0.39 is 6.04 Å². The molecule has 1 atom stereocenters. The molecule has 1 rings (SSSR count). The fourth-order valence-electron chi connectivity index (χ4n) is 0.771. The zero-order chi connectivity index (χ0) is 8.27. The van der Waals surface area contributed by atoms with Crippen LogP contribution < -0.4 is 5.73 Å². The van der Waals surface area contributed by atoms with E-state index in [0.717, 1.165) is 0 Å². The molecule has 1 aromatic heterocycles. The summed E-state index contributed by atoms with van der Waals surface area (Å²) in [5.74, 6) is -0.0712. The van der Waals surface area contributed by atoms with Crippen LogP contribution in [0.5, 0.6) is 0 Å². The van der Waals surface area contributed by atoms with Crippen molar-refractivity contribution in [3.63, 3.8) is 0 Å². The van der Waals surface area contributed by atoms with Crippen LogP contribution in [0, 0.1) is 0 Å². The maximum atomic E-state index is 11.2. The zero-order valence-corrected chi connectivity index (χ0v) is 8.77. The fourth-order valence-corrected chi connectivity index (χ4v) is 0.771. The van der Waals surface area contributed by atoms with Crippen LogP contribution in [0.3, 0.4) is 0 Å². The van der Waals surface area contributed by atoms with E-state index in [1.165, 1.54) is 6.20 Å². The molecule has 1 unspecified atom stereocenters. The van der Waals surface area contributed by atoms with Gasteiger partial charge in [-0.05, 0) is 19.1 Å². The van der Waals surface area contributed by atoms with Crippen LogP contribution in [-0.4, -0.2) is 16.8 Å². The first kappa shape index (κ1) is 14.9. The van der Waals surface area contributed by atoms with Gasteiger partial charge < -0.3 is 5.73 Å². The number of ketones is 1. The quantitative estimate of drug-likeness (QED) is 0.772. The molecule has 5 heteroatoms. The lowest BCUT2D eigenvalue weighted by Crippen LogP contribution is -2.26. The molecule has 0 amide bonds. The molecular weight excluding hydrogens is 211 g/mol. The number of hydrogen-bond donors (Lipinski definition) is 1. The molecule has 0 aliphatic rings. The van der Waals surface area contributed by atoms with E-state index in [1.807, 2.05) is 0 Å².